The molecule has 0 aliphatic carbocycles. The third kappa shape index (κ3) is 4.00. The molecule has 0 atom stereocenters. The zero-order valence-corrected chi connectivity index (χ0v) is 16.2. The lowest BCUT2D eigenvalue weighted by Gasteiger charge is -2.09. The lowest BCUT2D eigenvalue weighted by atomic mass is 10.1. The number of anilines is 1. The van der Waals surface area contributed by atoms with Crippen LogP contribution in [-0.2, 0) is 16.4 Å². The Hall–Kier alpha value is -3.58. The van der Waals surface area contributed by atoms with Crippen molar-refractivity contribution in [3.05, 3.63) is 90.7 Å². The minimum atomic E-state index is -3.52. The largest absolute Gasteiger partial charge is 0.489 e. The molecule has 3 aromatic carbocycles. The number of nitrogens with two attached hydrogens (primary N) is 1. The van der Waals surface area contributed by atoms with Crippen LogP contribution in [0.25, 0.3) is 11.3 Å². The van der Waals surface area contributed by atoms with Crippen molar-refractivity contribution in [2.75, 3.05) is 5.73 Å². The first-order valence-corrected chi connectivity index (χ1v) is 10.3. The van der Waals surface area contributed by atoms with Gasteiger partial charge in [-0.05, 0) is 54.1 Å². The van der Waals surface area contributed by atoms with Crippen LogP contribution in [-0.4, -0.2) is 13.6 Å². The zero-order chi connectivity index (χ0) is 20.3. The zero-order valence-electron chi connectivity index (χ0n) is 15.4. The van der Waals surface area contributed by atoms with Crippen LogP contribution in [0.2, 0.25) is 0 Å². The molecule has 0 saturated heterocycles. The van der Waals surface area contributed by atoms with E-state index in [2.05, 4.69) is 5.16 Å². The number of nitrogens with zero attached hydrogens (tertiary/aromatic N) is 1. The van der Waals surface area contributed by atoms with E-state index in [4.69, 9.17) is 15.0 Å². The van der Waals surface area contributed by atoms with Crippen LogP contribution >= 0.6 is 0 Å². The smallest absolute Gasteiger partial charge is 0.206 e. The van der Waals surface area contributed by atoms with E-state index < -0.39 is 9.84 Å². The second kappa shape index (κ2) is 7.81. The van der Waals surface area contributed by atoms with Crippen LogP contribution in [0.15, 0.2) is 99.4 Å². The van der Waals surface area contributed by atoms with Gasteiger partial charge >= 0.3 is 0 Å². The summed E-state index contributed by atoms with van der Waals surface area (Å²) in [6.45, 7) is 0.317. The Labute approximate surface area is 168 Å². The molecule has 0 spiro atoms. The van der Waals surface area contributed by atoms with E-state index in [0.29, 0.717) is 23.7 Å². The van der Waals surface area contributed by atoms with E-state index in [1.54, 1.807) is 54.6 Å². The summed E-state index contributed by atoms with van der Waals surface area (Å²) in [4.78, 5) is 0.527. The average molecular weight is 406 g/mol. The summed E-state index contributed by atoms with van der Waals surface area (Å²) in [5.41, 5.74) is 8.56. The minimum Gasteiger partial charge on any atom is -0.489 e. The molecule has 1 heterocycles. The molecule has 0 fully saturated rings. The highest BCUT2D eigenvalue weighted by molar-refractivity contribution is 7.91. The highest BCUT2D eigenvalue weighted by Gasteiger charge is 2.16. The molecule has 0 unspecified atom stereocenters. The Morgan fingerprint density at radius 2 is 1.52 bits per heavy atom. The summed E-state index contributed by atoms with van der Waals surface area (Å²) < 4.78 is 35.9. The second-order valence-corrected chi connectivity index (χ2v) is 8.34. The third-order valence-corrected chi connectivity index (χ3v) is 6.20. The van der Waals surface area contributed by atoms with Crippen LogP contribution < -0.4 is 10.5 Å². The Morgan fingerprint density at radius 1 is 0.862 bits per heavy atom. The van der Waals surface area contributed by atoms with Gasteiger partial charge < -0.3 is 15.0 Å². The molecule has 146 valence electrons. The molecule has 4 aromatic rings. The van der Waals surface area contributed by atoms with E-state index >= 15 is 0 Å². The van der Waals surface area contributed by atoms with E-state index in [0.717, 1.165) is 11.1 Å². The summed E-state index contributed by atoms with van der Waals surface area (Å²) in [5.74, 6) is 0.678. The van der Waals surface area contributed by atoms with Crippen molar-refractivity contribution >= 4 is 15.5 Å². The Balaban J connectivity index is 1.43. The number of rotatable bonds is 6. The van der Waals surface area contributed by atoms with E-state index in [1.165, 1.54) is 6.26 Å². The number of hydrogen-bond donors (Lipinski definition) is 1. The van der Waals surface area contributed by atoms with Crippen LogP contribution in [0.3, 0.4) is 0 Å². The number of sulfone groups is 1. The van der Waals surface area contributed by atoms with Gasteiger partial charge in [-0.1, -0.05) is 35.5 Å². The maximum absolute atomic E-state index is 12.6. The molecule has 1 aromatic heterocycles. The summed E-state index contributed by atoms with van der Waals surface area (Å²) >= 11 is 0. The van der Waals surface area contributed by atoms with Gasteiger partial charge in [0.1, 0.15) is 30.0 Å². The Kier molecular flexibility index (Phi) is 5.05. The predicted octanol–water partition coefficient (Wildman–Crippen LogP) is 4.34. The second-order valence-electron chi connectivity index (χ2n) is 6.39. The number of nitrogen functional groups attached to an aromatic ring is 1. The van der Waals surface area contributed by atoms with E-state index in [-0.39, 0.29) is 9.79 Å². The minimum absolute atomic E-state index is 0.252. The third-order valence-electron chi connectivity index (χ3n) is 4.42. The maximum Gasteiger partial charge on any atom is 0.206 e. The van der Waals surface area contributed by atoms with Gasteiger partial charge in [0.2, 0.25) is 9.84 Å². The first-order valence-electron chi connectivity index (χ1n) is 8.86. The van der Waals surface area contributed by atoms with Crippen molar-refractivity contribution in [1.29, 1.82) is 0 Å². The fourth-order valence-electron chi connectivity index (χ4n) is 2.84. The van der Waals surface area contributed by atoms with Crippen molar-refractivity contribution in [1.82, 2.24) is 5.16 Å². The van der Waals surface area contributed by atoms with Crippen LogP contribution in [0.1, 0.15) is 5.56 Å². The van der Waals surface area contributed by atoms with Crippen LogP contribution in [0.5, 0.6) is 5.75 Å². The molecule has 0 bridgehead atoms. The number of benzene rings is 3. The molecule has 4 rings (SSSR count). The van der Waals surface area contributed by atoms with Crippen LogP contribution in [0, 0.1) is 0 Å². The quantitative estimate of drug-likeness (QED) is 0.512. The normalized spacial score (nSPS) is 11.3. The van der Waals surface area contributed by atoms with Gasteiger partial charge in [0, 0.05) is 5.56 Å². The molecular weight excluding hydrogens is 388 g/mol. The first-order chi connectivity index (χ1) is 14.0. The maximum atomic E-state index is 12.6. The molecule has 0 aliphatic rings. The highest BCUT2D eigenvalue weighted by atomic mass is 32.2. The molecule has 0 amide bonds. The van der Waals surface area contributed by atoms with Crippen molar-refractivity contribution in [2.45, 2.75) is 16.4 Å². The van der Waals surface area contributed by atoms with E-state index in [9.17, 15) is 8.42 Å². The standard InChI is InChI=1S/C22H18N2O4S/c23-21-15-28-24-22(21)17-8-10-18(11-9-17)27-14-16-6-12-20(13-7-16)29(25,26)19-4-2-1-3-5-19/h1-13,15H,14,23H2. The fraction of sp³-hybridized carbons (Fsp3) is 0.0455. The highest BCUT2D eigenvalue weighted by Crippen LogP contribution is 2.26. The summed E-state index contributed by atoms with van der Waals surface area (Å²) in [5, 5.41) is 3.87. The van der Waals surface area contributed by atoms with Gasteiger partial charge in [-0.15, -0.1) is 0 Å². The molecule has 6 nitrogen and oxygen atoms in total. The predicted molar refractivity (Wildman–Crippen MR) is 109 cm³/mol. The Morgan fingerprint density at radius 3 is 2.14 bits per heavy atom. The summed E-state index contributed by atoms with van der Waals surface area (Å²) in [7, 11) is -3.52. The summed E-state index contributed by atoms with van der Waals surface area (Å²) in [6, 6.07) is 22.4. The van der Waals surface area contributed by atoms with Crippen molar-refractivity contribution in [3.8, 4) is 17.0 Å². The van der Waals surface area contributed by atoms with Gasteiger partial charge in [-0.2, -0.15) is 0 Å². The van der Waals surface area contributed by atoms with Gasteiger partial charge in [-0.25, -0.2) is 8.42 Å². The Bertz CT molecular complexity index is 1200. The molecule has 29 heavy (non-hydrogen) atoms. The first kappa shape index (κ1) is 18.8. The number of aromatic nitrogens is 1. The van der Waals surface area contributed by atoms with Crippen molar-refractivity contribution in [3.63, 3.8) is 0 Å². The molecule has 7 heteroatoms. The van der Waals surface area contributed by atoms with Gasteiger partial charge in [0.05, 0.1) is 9.79 Å². The van der Waals surface area contributed by atoms with Crippen LogP contribution in [0.4, 0.5) is 5.69 Å². The number of hydrogen-bond acceptors (Lipinski definition) is 6. The topological polar surface area (TPSA) is 95.4 Å². The molecular formula is C22H18N2O4S. The lowest BCUT2D eigenvalue weighted by molar-refractivity contribution is 0.306. The molecule has 0 aliphatic heterocycles. The van der Waals surface area contributed by atoms with E-state index in [1.807, 2.05) is 24.3 Å². The average Bonchev–Trinajstić information content (AvgIpc) is 3.19. The van der Waals surface area contributed by atoms with Crippen molar-refractivity contribution in [2.24, 2.45) is 0 Å². The van der Waals surface area contributed by atoms with Gasteiger partial charge in [0.25, 0.3) is 0 Å². The molecule has 2 N–H and O–H groups in total. The summed E-state index contributed by atoms with van der Waals surface area (Å²) in [6.07, 6.45) is 1.39. The van der Waals surface area contributed by atoms with Gasteiger partial charge in [0.15, 0.2) is 0 Å². The molecule has 0 radical (unpaired) electrons. The monoisotopic (exact) mass is 406 g/mol. The molecule has 0 saturated carbocycles. The SMILES string of the molecule is Nc1conc1-c1ccc(OCc2ccc(S(=O)(=O)c3ccccc3)cc2)cc1. The van der Waals surface area contributed by atoms with Crippen molar-refractivity contribution < 1.29 is 17.7 Å². The lowest BCUT2D eigenvalue weighted by Crippen LogP contribution is -2.02. The fourth-order valence-corrected chi connectivity index (χ4v) is 4.12. The number of ether oxygens (including phenoxy) is 1. The van der Waals surface area contributed by atoms with Gasteiger partial charge in [-0.3, -0.25) is 0 Å².